The van der Waals surface area contributed by atoms with Crippen LogP contribution in [0.3, 0.4) is 0 Å². The standard InChI is InChI=1S/C30H36ClN3O4S/c1-5-23(4)32-30(36)27(6-2)33(20-24-18-16-22(3)17-19-24)29(35)21-34(28-15-11-10-14-26(28)31)39(37,38)25-12-8-7-9-13-25/h7-19,23,27H,5-6,20-21H2,1-4H3,(H,32,36)/t23-,27+/m0/s1. The van der Waals surface area contributed by atoms with Gasteiger partial charge in [-0.3, -0.25) is 13.9 Å². The molecule has 0 fully saturated rings. The molecule has 2 atom stereocenters. The molecule has 39 heavy (non-hydrogen) atoms. The first-order valence-electron chi connectivity index (χ1n) is 13.1. The summed E-state index contributed by atoms with van der Waals surface area (Å²) in [6, 6.07) is 21.2. The van der Waals surface area contributed by atoms with Gasteiger partial charge in [0.2, 0.25) is 11.8 Å². The fourth-order valence-corrected chi connectivity index (χ4v) is 5.88. The summed E-state index contributed by atoms with van der Waals surface area (Å²) in [4.78, 5) is 28.8. The van der Waals surface area contributed by atoms with Gasteiger partial charge in [-0.25, -0.2) is 8.42 Å². The van der Waals surface area contributed by atoms with Gasteiger partial charge in [-0.1, -0.05) is 85.6 Å². The molecule has 0 saturated carbocycles. The molecule has 0 bridgehead atoms. The van der Waals surface area contributed by atoms with Gasteiger partial charge in [-0.15, -0.1) is 0 Å². The second kappa shape index (κ2) is 13.6. The third-order valence-corrected chi connectivity index (χ3v) is 8.69. The number of benzene rings is 3. The first-order valence-corrected chi connectivity index (χ1v) is 14.9. The Balaban J connectivity index is 2.05. The van der Waals surface area contributed by atoms with Crippen molar-refractivity contribution in [3.8, 4) is 0 Å². The van der Waals surface area contributed by atoms with Crippen molar-refractivity contribution in [3.63, 3.8) is 0 Å². The number of amides is 2. The molecule has 0 radical (unpaired) electrons. The van der Waals surface area contributed by atoms with E-state index in [-0.39, 0.29) is 34.1 Å². The van der Waals surface area contributed by atoms with Gasteiger partial charge in [0.1, 0.15) is 12.6 Å². The van der Waals surface area contributed by atoms with E-state index in [1.54, 1.807) is 42.5 Å². The Morgan fingerprint density at radius 1 is 0.897 bits per heavy atom. The van der Waals surface area contributed by atoms with Crippen molar-refractivity contribution in [2.45, 2.75) is 64.1 Å². The van der Waals surface area contributed by atoms with Crippen molar-refractivity contribution < 1.29 is 18.0 Å². The maximum absolute atomic E-state index is 14.0. The monoisotopic (exact) mass is 569 g/mol. The second-order valence-corrected chi connectivity index (χ2v) is 11.8. The van der Waals surface area contributed by atoms with Crippen LogP contribution in [-0.4, -0.2) is 43.8 Å². The average Bonchev–Trinajstić information content (AvgIpc) is 2.93. The largest absolute Gasteiger partial charge is 0.352 e. The molecule has 9 heteroatoms. The summed E-state index contributed by atoms with van der Waals surface area (Å²) in [6.45, 7) is 7.30. The molecule has 0 aliphatic heterocycles. The van der Waals surface area contributed by atoms with Crippen LogP contribution >= 0.6 is 11.6 Å². The van der Waals surface area contributed by atoms with Crippen molar-refractivity contribution in [3.05, 3.63) is 95.0 Å². The Kier molecular flexibility index (Phi) is 10.5. The maximum atomic E-state index is 14.0. The Hall–Kier alpha value is -3.36. The molecule has 2 amide bonds. The van der Waals surface area contributed by atoms with Gasteiger partial charge in [0.25, 0.3) is 10.0 Å². The van der Waals surface area contributed by atoms with E-state index in [9.17, 15) is 18.0 Å². The number of para-hydroxylation sites is 1. The van der Waals surface area contributed by atoms with Gasteiger partial charge in [-0.2, -0.15) is 0 Å². The number of hydrogen-bond donors (Lipinski definition) is 1. The molecule has 0 unspecified atom stereocenters. The van der Waals surface area contributed by atoms with Crippen LogP contribution in [0.5, 0.6) is 0 Å². The molecule has 3 aromatic carbocycles. The molecular weight excluding hydrogens is 534 g/mol. The van der Waals surface area contributed by atoms with E-state index in [2.05, 4.69) is 5.32 Å². The van der Waals surface area contributed by atoms with Gasteiger partial charge in [0.05, 0.1) is 15.6 Å². The topological polar surface area (TPSA) is 86.8 Å². The van der Waals surface area contributed by atoms with Gasteiger partial charge >= 0.3 is 0 Å². The smallest absolute Gasteiger partial charge is 0.264 e. The zero-order chi connectivity index (χ0) is 28.6. The Labute approximate surface area is 236 Å². The van der Waals surface area contributed by atoms with Crippen molar-refractivity contribution in [1.29, 1.82) is 0 Å². The number of sulfonamides is 1. The lowest BCUT2D eigenvalue weighted by Crippen LogP contribution is -2.53. The van der Waals surface area contributed by atoms with Crippen LogP contribution in [0.15, 0.2) is 83.8 Å². The lowest BCUT2D eigenvalue weighted by Gasteiger charge is -2.34. The minimum absolute atomic E-state index is 0.0318. The van der Waals surface area contributed by atoms with Crippen LogP contribution in [0.1, 0.15) is 44.7 Å². The summed E-state index contributed by atoms with van der Waals surface area (Å²) in [7, 11) is -4.16. The second-order valence-electron chi connectivity index (χ2n) is 9.53. The fourth-order valence-electron chi connectivity index (χ4n) is 4.14. The van der Waals surface area contributed by atoms with Crippen molar-refractivity contribution in [2.24, 2.45) is 0 Å². The molecule has 0 aliphatic rings. The van der Waals surface area contributed by atoms with E-state index in [1.165, 1.54) is 17.0 Å². The fraction of sp³-hybridized carbons (Fsp3) is 0.333. The van der Waals surface area contributed by atoms with Crippen LogP contribution < -0.4 is 9.62 Å². The van der Waals surface area contributed by atoms with E-state index in [0.29, 0.717) is 6.42 Å². The highest BCUT2D eigenvalue weighted by Gasteiger charge is 2.34. The third kappa shape index (κ3) is 7.61. The van der Waals surface area contributed by atoms with Crippen LogP contribution in [-0.2, 0) is 26.2 Å². The molecule has 1 N–H and O–H groups in total. The molecule has 3 rings (SSSR count). The van der Waals surface area contributed by atoms with E-state index >= 15 is 0 Å². The predicted molar refractivity (Wildman–Crippen MR) is 156 cm³/mol. The predicted octanol–water partition coefficient (Wildman–Crippen LogP) is 5.57. The molecular formula is C30H36ClN3O4S. The molecule has 0 saturated heterocycles. The summed E-state index contributed by atoms with van der Waals surface area (Å²) in [6.07, 6.45) is 1.10. The van der Waals surface area contributed by atoms with E-state index < -0.39 is 28.5 Å². The summed E-state index contributed by atoms with van der Waals surface area (Å²) in [5.41, 5.74) is 2.08. The highest BCUT2D eigenvalue weighted by Crippen LogP contribution is 2.30. The molecule has 0 heterocycles. The normalized spacial score (nSPS) is 12.8. The molecule has 208 valence electrons. The molecule has 0 spiro atoms. The van der Waals surface area contributed by atoms with Gasteiger partial charge < -0.3 is 10.2 Å². The lowest BCUT2D eigenvalue weighted by atomic mass is 10.1. The minimum Gasteiger partial charge on any atom is -0.352 e. The summed E-state index contributed by atoms with van der Waals surface area (Å²) < 4.78 is 28.6. The van der Waals surface area contributed by atoms with Crippen LogP contribution in [0.2, 0.25) is 5.02 Å². The number of carbonyl (C=O) groups excluding carboxylic acids is 2. The maximum Gasteiger partial charge on any atom is 0.264 e. The van der Waals surface area contributed by atoms with Gasteiger partial charge in [0.15, 0.2) is 0 Å². The molecule has 3 aromatic rings. The van der Waals surface area contributed by atoms with Crippen molar-refractivity contribution in [2.75, 3.05) is 10.8 Å². The Morgan fingerprint density at radius 2 is 1.51 bits per heavy atom. The summed E-state index contributed by atoms with van der Waals surface area (Å²) in [5.74, 6) is -0.788. The summed E-state index contributed by atoms with van der Waals surface area (Å²) >= 11 is 6.44. The van der Waals surface area contributed by atoms with E-state index in [1.807, 2.05) is 52.0 Å². The first kappa shape index (κ1) is 30.2. The number of halogens is 1. The highest BCUT2D eigenvalue weighted by atomic mass is 35.5. The summed E-state index contributed by atoms with van der Waals surface area (Å²) in [5, 5.41) is 3.17. The zero-order valence-corrected chi connectivity index (χ0v) is 24.4. The van der Waals surface area contributed by atoms with E-state index in [4.69, 9.17) is 11.6 Å². The van der Waals surface area contributed by atoms with Crippen molar-refractivity contribution in [1.82, 2.24) is 10.2 Å². The number of rotatable bonds is 12. The number of nitrogens with one attached hydrogen (secondary N) is 1. The SMILES string of the molecule is CC[C@H](C(=O)N[C@@H](C)CC)N(Cc1ccc(C)cc1)C(=O)CN(c1ccccc1Cl)S(=O)(=O)c1ccccc1. The minimum atomic E-state index is -4.16. The number of hydrogen-bond acceptors (Lipinski definition) is 4. The molecule has 7 nitrogen and oxygen atoms in total. The number of aryl methyl sites for hydroxylation is 1. The third-order valence-electron chi connectivity index (χ3n) is 6.59. The Bertz CT molecular complexity index is 1360. The van der Waals surface area contributed by atoms with Crippen molar-refractivity contribution >= 4 is 39.1 Å². The van der Waals surface area contributed by atoms with Crippen LogP contribution in [0.25, 0.3) is 0 Å². The number of anilines is 1. The van der Waals surface area contributed by atoms with Gasteiger partial charge in [0, 0.05) is 12.6 Å². The quantitative estimate of drug-likeness (QED) is 0.309. The van der Waals surface area contributed by atoms with Crippen LogP contribution in [0.4, 0.5) is 5.69 Å². The van der Waals surface area contributed by atoms with Gasteiger partial charge in [-0.05, 0) is 56.5 Å². The number of carbonyl (C=O) groups is 2. The lowest BCUT2D eigenvalue weighted by molar-refractivity contribution is -0.140. The highest BCUT2D eigenvalue weighted by molar-refractivity contribution is 7.92. The zero-order valence-electron chi connectivity index (χ0n) is 22.8. The average molecular weight is 570 g/mol. The molecule has 0 aromatic heterocycles. The Morgan fingerprint density at radius 3 is 2.10 bits per heavy atom. The molecule has 0 aliphatic carbocycles. The number of nitrogens with zero attached hydrogens (tertiary/aromatic N) is 2. The van der Waals surface area contributed by atoms with Crippen LogP contribution in [0, 0.1) is 6.92 Å². The van der Waals surface area contributed by atoms with E-state index in [0.717, 1.165) is 21.9 Å². The first-order chi connectivity index (χ1) is 18.6.